The predicted molar refractivity (Wildman–Crippen MR) is 126 cm³/mol. The van der Waals surface area contributed by atoms with Crippen LogP contribution in [0.3, 0.4) is 0 Å². The average Bonchev–Trinajstić information content (AvgIpc) is 2.81. The van der Waals surface area contributed by atoms with Crippen molar-refractivity contribution in [3.63, 3.8) is 0 Å². The van der Waals surface area contributed by atoms with Gasteiger partial charge in [0.15, 0.2) is 0 Å². The normalized spacial score (nSPS) is 10.8. The molecule has 0 heterocycles. The average molecular weight is 373 g/mol. The van der Waals surface area contributed by atoms with Gasteiger partial charge in [-0.2, -0.15) is 0 Å². The Balaban J connectivity index is 1.66. The van der Waals surface area contributed by atoms with Crippen LogP contribution in [0, 0.1) is 0 Å². The second-order valence-corrected chi connectivity index (χ2v) is 6.99. The van der Waals surface area contributed by atoms with E-state index < -0.39 is 0 Å². The molecular weight excluding hydrogens is 348 g/mol. The van der Waals surface area contributed by atoms with Gasteiger partial charge in [-0.25, -0.2) is 0 Å². The molecule has 4 aromatic rings. The Labute approximate surface area is 173 Å². The first-order valence-electron chi connectivity index (χ1n) is 10.00. The van der Waals surface area contributed by atoms with E-state index in [0.717, 1.165) is 0 Å². The molecule has 29 heavy (non-hydrogen) atoms. The Kier molecular flexibility index (Phi) is 5.83. The summed E-state index contributed by atoms with van der Waals surface area (Å²) in [6.45, 7) is 2.05. The van der Waals surface area contributed by atoms with Gasteiger partial charge in [0, 0.05) is 0 Å². The highest BCUT2D eigenvalue weighted by atomic mass is 14.1. The molecule has 4 rings (SSSR count). The molecule has 0 atom stereocenters. The molecule has 0 unspecified atom stereocenters. The van der Waals surface area contributed by atoms with Gasteiger partial charge >= 0.3 is 0 Å². The number of hydrogen-bond acceptors (Lipinski definition) is 0. The van der Waals surface area contributed by atoms with Crippen molar-refractivity contribution < 1.29 is 0 Å². The lowest BCUT2D eigenvalue weighted by atomic mass is 9.94. The quantitative estimate of drug-likeness (QED) is 0.311. The van der Waals surface area contributed by atoms with Gasteiger partial charge in [0.2, 0.25) is 0 Å². The highest BCUT2D eigenvalue weighted by Crippen LogP contribution is 2.29. The Hall–Kier alpha value is -3.64. The van der Waals surface area contributed by atoms with Crippen molar-refractivity contribution >= 4 is 5.57 Å². The van der Waals surface area contributed by atoms with E-state index in [2.05, 4.69) is 127 Å². The van der Waals surface area contributed by atoms with Gasteiger partial charge in [-0.05, 0) is 45.9 Å². The molecule has 0 spiro atoms. The number of rotatable bonds is 5. The number of hydrogen-bond donors (Lipinski definition) is 0. The van der Waals surface area contributed by atoms with Gasteiger partial charge in [-0.1, -0.05) is 127 Å². The van der Waals surface area contributed by atoms with E-state index in [1.54, 1.807) is 0 Å². The van der Waals surface area contributed by atoms with E-state index in [4.69, 9.17) is 0 Å². The maximum absolute atomic E-state index is 2.21. The van der Waals surface area contributed by atoms with Gasteiger partial charge in [-0.15, -0.1) is 0 Å². The smallest absolute Gasteiger partial charge is 0.0112 e. The van der Waals surface area contributed by atoms with Crippen LogP contribution in [0.2, 0.25) is 0 Å². The summed E-state index contributed by atoms with van der Waals surface area (Å²) in [5.74, 6) is 0. The molecule has 4 aromatic carbocycles. The van der Waals surface area contributed by atoms with Crippen molar-refractivity contribution in [2.75, 3.05) is 0 Å². The van der Waals surface area contributed by atoms with Gasteiger partial charge in [0.1, 0.15) is 0 Å². The first-order chi connectivity index (χ1) is 14.3. The fraction of sp³-hybridized carbons (Fsp3) is 0.0345. The highest BCUT2D eigenvalue weighted by Gasteiger charge is 2.06. The van der Waals surface area contributed by atoms with Crippen LogP contribution in [0.1, 0.15) is 18.1 Å². The summed E-state index contributed by atoms with van der Waals surface area (Å²) in [5, 5.41) is 0. The zero-order valence-electron chi connectivity index (χ0n) is 16.6. The summed E-state index contributed by atoms with van der Waals surface area (Å²) in [6.07, 6.45) is 6.36. The third kappa shape index (κ3) is 4.44. The minimum atomic E-state index is 1.22. The molecular formula is C29H24. The lowest BCUT2D eigenvalue weighted by Gasteiger charge is -2.11. The molecule has 0 aromatic heterocycles. The van der Waals surface area contributed by atoms with Gasteiger partial charge in [-0.3, -0.25) is 0 Å². The van der Waals surface area contributed by atoms with Crippen molar-refractivity contribution in [1.82, 2.24) is 0 Å². The summed E-state index contributed by atoms with van der Waals surface area (Å²) < 4.78 is 0. The third-order valence-corrected chi connectivity index (χ3v) is 5.06. The Morgan fingerprint density at radius 3 is 1.24 bits per heavy atom. The molecule has 140 valence electrons. The third-order valence-electron chi connectivity index (χ3n) is 5.06. The lowest BCUT2D eigenvalue weighted by Crippen LogP contribution is -1.89. The van der Waals surface area contributed by atoms with Crippen LogP contribution in [0.4, 0.5) is 0 Å². The zero-order valence-corrected chi connectivity index (χ0v) is 16.6. The van der Waals surface area contributed by atoms with Gasteiger partial charge in [0.25, 0.3) is 0 Å². The molecule has 0 heteroatoms. The lowest BCUT2D eigenvalue weighted by molar-refractivity contribution is 1.52. The van der Waals surface area contributed by atoms with E-state index in [1.165, 1.54) is 39.0 Å². The van der Waals surface area contributed by atoms with Gasteiger partial charge < -0.3 is 0 Å². The summed E-state index contributed by atoms with van der Waals surface area (Å²) in [5.41, 5.74) is 8.61. The van der Waals surface area contributed by atoms with Crippen LogP contribution < -0.4 is 0 Å². The summed E-state index contributed by atoms with van der Waals surface area (Å²) >= 11 is 0. The largest absolute Gasteiger partial charge is 0.0876 e. The van der Waals surface area contributed by atoms with E-state index in [0.29, 0.717) is 0 Å². The second-order valence-electron chi connectivity index (χ2n) is 6.99. The van der Waals surface area contributed by atoms with Crippen molar-refractivity contribution in [2.24, 2.45) is 0 Å². The van der Waals surface area contributed by atoms with Crippen LogP contribution in [-0.4, -0.2) is 0 Å². The van der Waals surface area contributed by atoms with Crippen molar-refractivity contribution in [3.05, 3.63) is 139 Å². The van der Waals surface area contributed by atoms with Crippen LogP contribution in [0.15, 0.2) is 127 Å². The molecule has 0 saturated heterocycles. The standard InChI is InChI=1S/C29H24/c1-2-3-14-29(27-19-15-25(16-20-27)23-10-6-4-7-11-23)28-21-17-26(18-22-28)24-12-8-5-9-13-24/h2-22H,1H3/b3-2+. The fourth-order valence-corrected chi connectivity index (χ4v) is 3.50. The SMILES string of the molecule is C/C=C/C=C(c1ccc(-c2ccccc2)cc1)c1ccc(-c2ccccc2)cc1. The molecule has 0 aliphatic heterocycles. The molecule has 0 nitrogen and oxygen atoms in total. The zero-order chi connectivity index (χ0) is 19.9. The molecule has 0 N–H and O–H groups in total. The second kappa shape index (κ2) is 9.03. The van der Waals surface area contributed by atoms with Crippen LogP contribution >= 0.6 is 0 Å². The maximum atomic E-state index is 2.21. The molecule has 0 saturated carbocycles. The van der Waals surface area contributed by atoms with Crippen molar-refractivity contribution in [2.45, 2.75) is 6.92 Å². The van der Waals surface area contributed by atoms with Crippen LogP contribution in [-0.2, 0) is 0 Å². The monoisotopic (exact) mass is 372 g/mol. The number of benzene rings is 4. The van der Waals surface area contributed by atoms with Crippen molar-refractivity contribution in [1.29, 1.82) is 0 Å². The van der Waals surface area contributed by atoms with E-state index in [9.17, 15) is 0 Å². The predicted octanol–water partition coefficient (Wildman–Crippen LogP) is 8.03. The van der Waals surface area contributed by atoms with E-state index in [1.807, 2.05) is 6.92 Å². The van der Waals surface area contributed by atoms with Crippen molar-refractivity contribution in [3.8, 4) is 22.3 Å². The first-order valence-corrected chi connectivity index (χ1v) is 10.00. The molecule has 0 radical (unpaired) electrons. The summed E-state index contributed by atoms with van der Waals surface area (Å²) in [4.78, 5) is 0. The molecule has 0 bridgehead atoms. The number of allylic oxidation sites excluding steroid dienone is 3. The fourth-order valence-electron chi connectivity index (χ4n) is 3.50. The van der Waals surface area contributed by atoms with E-state index in [-0.39, 0.29) is 0 Å². The Morgan fingerprint density at radius 2 is 0.862 bits per heavy atom. The maximum Gasteiger partial charge on any atom is -0.0112 e. The Bertz CT molecular complexity index is 1010. The minimum absolute atomic E-state index is 1.22. The van der Waals surface area contributed by atoms with Crippen LogP contribution in [0.25, 0.3) is 27.8 Å². The highest BCUT2D eigenvalue weighted by molar-refractivity contribution is 5.83. The van der Waals surface area contributed by atoms with Gasteiger partial charge in [0.05, 0.1) is 0 Å². The summed E-state index contributed by atoms with van der Waals surface area (Å²) in [6, 6.07) is 38.6. The first kappa shape index (κ1) is 18.7. The minimum Gasteiger partial charge on any atom is -0.0876 e. The molecule has 0 aliphatic rings. The molecule has 0 fully saturated rings. The van der Waals surface area contributed by atoms with E-state index >= 15 is 0 Å². The topological polar surface area (TPSA) is 0 Å². The van der Waals surface area contributed by atoms with Crippen LogP contribution in [0.5, 0.6) is 0 Å². The molecule has 0 aliphatic carbocycles. The Morgan fingerprint density at radius 1 is 0.483 bits per heavy atom. The molecule has 0 amide bonds. The summed E-state index contributed by atoms with van der Waals surface area (Å²) in [7, 11) is 0.